The van der Waals surface area contributed by atoms with Gasteiger partial charge in [0.25, 0.3) is 0 Å². The van der Waals surface area contributed by atoms with E-state index >= 15 is 0 Å². The first-order valence-electron chi connectivity index (χ1n) is 12.2. The monoisotopic (exact) mass is 446 g/mol. The summed E-state index contributed by atoms with van der Waals surface area (Å²) in [6.07, 6.45) is 2.86. The third kappa shape index (κ3) is 2.57. The predicted molar refractivity (Wildman–Crippen MR) is 146 cm³/mol. The van der Waals surface area contributed by atoms with Gasteiger partial charge in [-0.25, -0.2) is 0 Å². The summed E-state index contributed by atoms with van der Waals surface area (Å²) >= 11 is 0. The number of nitrogens with zero attached hydrogens (tertiary/aromatic N) is 2. The Labute approximate surface area is 203 Å². The fraction of sp³-hybridized carbons (Fsp3) is 0.0606. The predicted octanol–water partition coefficient (Wildman–Crippen LogP) is 8.12. The van der Waals surface area contributed by atoms with Crippen LogP contribution >= 0.6 is 0 Å². The minimum Gasteiger partial charge on any atom is -0.334 e. The van der Waals surface area contributed by atoms with Crippen molar-refractivity contribution in [1.82, 2.24) is 9.55 Å². The maximum Gasteiger partial charge on any atom is 0.0654 e. The van der Waals surface area contributed by atoms with E-state index in [1.54, 1.807) is 0 Å². The van der Waals surface area contributed by atoms with Crippen molar-refractivity contribution in [3.05, 3.63) is 126 Å². The first-order chi connectivity index (χ1) is 17.4. The molecular weight excluding hydrogens is 424 g/mol. The lowest BCUT2D eigenvalue weighted by atomic mass is 9.93. The molecule has 35 heavy (non-hydrogen) atoms. The van der Waals surface area contributed by atoms with Crippen LogP contribution in [0.1, 0.15) is 16.8 Å². The molecule has 0 spiro atoms. The van der Waals surface area contributed by atoms with Crippen molar-refractivity contribution in [2.24, 2.45) is 0 Å². The summed E-state index contributed by atoms with van der Waals surface area (Å²) in [6, 6.07) is 37.5. The van der Waals surface area contributed by atoms with Crippen LogP contribution in [0.4, 0.5) is 0 Å². The third-order valence-electron chi connectivity index (χ3n) is 7.70. The molecular formula is C33H22N2. The summed E-state index contributed by atoms with van der Waals surface area (Å²) in [6.45, 7) is 0.746. The summed E-state index contributed by atoms with van der Waals surface area (Å²) in [4.78, 5) is 4.72. The van der Waals surface area contributed by atoms with Crippen LogP contribution in [-0.2, 0) is 13.0 Å². The molecule has 0 saturated heterocycles. The fourth-order valence-corrected chi connectivity index (χ4v) is 6.31. The Balaban J connectivity index is 1.63. The highest BCUT2D eigenvalue weighted by Gasteiger charge is 2.28. The molecule has 0 radical (unpaired) electrons. The van der Waals surface area contributed by atoms with Gasteiger partial charge in [0.05, 0.1) is 23.3 Å². The van der Waals surface area contributed by atoms with Crippen molar-refractivity contribution in [3.63, 3.8) is 0 Å². The van der Waals surface area contributed by atoms with Crippen LogP contribution in [0.5, 0.6) is 0 Å². The summed E-state index contributed by atoms with van der Waals surface area (Å²) in [7, 11) is 0. The normalized spacial score (nSPS) is 12.6. The van der Waals surface area contributed by atoms with E-state index in [1.165, 1.54) is 65.6 Å². The first kappa shape index (κ1) is 18.9. The van der Waals surface area contributed by atoms with E-state index < -0.39 is 0 Å². The van der Waals surface area contributed by atoms with Gasteiger partial charge in [-0.05, 0) is 50.5 Å². The first-order valence-corrected chi connectivity index (χ1v) is 12.2. The molecule has 164 valence electrons. The van der Waals surface area contributed by atoms with Crippen LogP contribution < -0.4 is 0 Å². The molecule has 1 aliphatic rings. The molecule has 0 unspecified atom stereocenters. The van der Waals surface area contributed by atoms with Crippen LogP contribution in [0.25, 0.3) is 54.5 Å². The van der Waals surface area contributed by atoms with Crippen molar-refractivity contribution in [2.45, 2.75) is 13.0 Å². The van der Waals surface area contributed by atoms with Gasteiger partial charge >= 0.3 is 0 Å². The van der Waals surface area contributed by atoms with Crippen molar-refractivity contribution in [1.29, 1.82) is 0 Å². The van der Waals surface area contributed by atoms with Gasteiger partial charge in [-0.1, -0.05) is 91.0 Å². The summed E-state index contributed by atoms with van der Waals surface area (Å²) in [5, 5.41) is 7.94. The number of rotatable bonds is 2. The lowest BCUT2D eigenvalue weighted by Gasteiger charge is -2.14. The molecule has 2 heteroatoms. The van der Waals surface area contributed by atoms with E-state index in [-0.39, 0.29) is 0 Å². The van der Waals surface area contributed by atoms with Crippen LogP contribution in [-0.4, -0.2) is 9.55 Å². The van der Waals surface area contributed by atoms with Gasteiger partial charge in [0.15, 0.2) is 0 Å². The van der Waals surface area contributed by atoms with E-state index in [2.05, 4.69) is 102 Å². The lowest BCUT2D eigenvalue weighted by molar-refractivity contribution is 0.834. The van der Waals surface area contributed by atoms with Gasteiger partial charge < -0.3 is 4.57 Å². The second-order valence-corrected chi connectivity index (χ2v) is 9.55. The average Bonchev–Trinajstić information content (AvgIpc) is 3.46. The molecule has 2 aromatic heterocycles. The van der Waals surface area contributed by atoms with Gasteiger partial charge in [-0.3, -0.25) is 4.98 Å². The van der Waals surface area contributed by atoms with Gasteiger partial charge in [0, 0.05) is 28.8 Å². The standard InChI is InChI=1S/C33H22N2/c1-4-13-25-21(9-1)16-17-28-31-27-15-6-5-14-26(27)30-24-12-3-2-10-22(24)19-29(30)33(31)35(32(25)28)20-23-11-7-8-18-34-23/h1-18H,19-20H2. The van der Waals surface area contributed by atoms with E-state index in [1.807, 2.05) is 12.3 Å². The maximum absolute atomic E-state index is 4.72. The Bertz CT molecular complexity index is 1940. The smallest absolute Gasteiger partial charge is 0.0654 e. The molecule has 0 fully saturated rings. The largest absolute Gasteiger partial charge is 0.334 e. The van der Waals surface area contributed by atoms with Gasteiger partial charge in [0.2, 0.25) is 0 Å². The molecule has 1 aliphatic carbocycles. The molecule has 0 aliphatic heterocycles. The van der Waals surface area contributed by atoms with Crippen molar-refractivity contribution in [3.8, 4) is 11.1 Å². The van der Waals surface area contributed by atoms with Gasteiger partial charge in [0.1, 0.15) is 0 Å². The number of pyridine rings is 1. The van der Waals surface area contributed by atoms with E-state index in [9.17, 15) is 0 Å². The third-order valence-corrected chi connectivity index (χ3v) is 7.70. The number of aromatic nitrogens is 2. The number of hydrogen-bond acceptors (Lipinski definition) is 1. The minimum absolute atomic E-state index is 0.746. The molecule has 0 saturated carbocycles. The van der Waals surface area contributed by atoms with Crippen molar-refractivity contribution in [2.75, 3.05) is 0 Å². The summed E-state index contributed by atoms with van der Waals surface area (Å²) < 4.78 is 2.55. The molecule has 0 N–H and O–H groups in total. The SMILES string of the molecule is c1ccc(Cn2c3c4c(c5ccccc5c3c3ccc5ccccc5c32)-c2ccccc2C4)nc1. The van der Waals surface area contributed by atoms with Crippen molar-refractivity contribution >= 4 is 43.4 Å². The lowest BCUT2D eigenvalue weighted by Crippen LogP contribution is -2.03. The minimum atomic E-state index is 0.746. The summed E-state index contributed by atoms with van der Waals surface area (Å²) in [5.74, 6) is 0. The molecule has 0 amide bonds. The maximum atomic E-state index is 4.72. The second kappa shape index (κ2) is 7.04. The van der Waals surface area contributed by atoms with E-state index in [0.717, 1.165) is 18.7 Å². The highest BCUT2D eigenvalue weighted by Crippen LogP contribution is 2.49. The zero-order valence-electron chi connectivity index (χ0n) is 19.2. The highest BCUT2D eigenvalue weighted by molar-refractivity contribution is 6.29. The van der Waals surface area contributed by atoms with Crippen LogP contribution in [0.2, 0.25) is 0 Å². The number of fused-ring (bicyclic) bond motifs is 12. The Morgan fingerprint density at radius 2 is 1.40 bits per heavy atom. The molecule has 8 rings (SSSR count). The van der Waals surface area contributed by atoms with Crippen LogP contribution in [0.15, 0.2) is 109 Å². The quantitative estimate of drug-likeness (QED) is 0.262. The Morgan fingerprint density at radius 1 is 0.629 bits per heavy atom. The number of benzene rings is 5. The van der Waals surface area contributed by atoms with Gasteiger partial charge in [-0.2, -0.15) is 0 Å². The van der Waals surface area contributed by atoms with Crippen LogP contribution in [0, 0.1) is 0 Å². The molecule has 2 nitrogen and oxygen atoms in total. The average molecular weight is 447 g/mol. The second-order valence-electron chi connectivity index (χ2n) is 9.55. The molecule has 7 aromatic rings. The molecule has 2 heterocycles. The van der Waals surface area contributed by atoms with Gasteiger partial charge in [-0.15, -0.1) is 0 Å². The molecule has 0 bridgehead atoms. The Morgan fingerprint density at radius 3 is 2.29 bits per heavy atom. The zero-order valence-corrected chi connectivity index (χ0v) is 19.2. The highest BCUT2D eigenvalue weighted by atomic mass is 15.0. The zero-order chi connectivity index (χ0) is 22.9. The topological polar surface area (TPSA) is 17.8 Å². The molecule has 0 atom stereocenters. The molecule has 5 aromatic carbocycles. The fourth-order valence-electron chi connectivity index (χ4n) is 6.31. The Kier molecular flexibility index (Phi) is 3.81. The van der Waals surface area contributed by atoms with E-state index in [0.29, 0.717) is 0 Å². The van der Waals surface area contributed by atoms with Crippen LogP contribution in [0.3, 0.4) is 0 Å². The van der Waals surface area contributed by atoms with Crippen molar-refractivity contribution < 1.29 is 0 Å². The van der Waals surface area contributed by atoms with E-state index in [4.69, 9.17) is 4.98 Å². The summed E-state index contributed by atoms with van der Waals surface area (Å²) in [5.41, 5.74) is 9.37. The Hall–Kier alpha value is -4.43. The number of hydrogen-bond donors (Lipinski definition) is 0.